The highest BCUT2D eigenvalue weighted by Crippen LogP contribution is 2.38. The van der Waals surface area contributed by atoms with E-state index in [-0.39, 0.29) is 11.4 Å². The second-order valence-electron chi connectivity index (χ2n) is 8.78. The van der Waals surface area contributed by atoms with Crippen molar-refractivity contribution >= 4 is 29.1 Å². The minimum atomic E-state index is -5.08. The standard InChI is InChI=1S/C22H23N7O2.C2HF3O2/c23-21-19(9-18(26-27-21)16-3-1-2-4-20(16)30)28-11-14-5-6-15(12-28)29(14)13-7-8-17(22(24)31)25-10-13;3-2(4,5)1(6)7/h1-4,7-10,14-15,30H,5-6,11-12H2,(H2,23,27)(H2,24,31);(H,6,7). The number of halogens is 3. The van der Waals surface area contributed by atoms with E-state index in [2.05, 4.69) is 25.0 Å². The summed E-state index contributed by atoms with van der Waals surface area (Å²) < 4.78 is 31.7. The number of alkyl halides is 3. The quantitative estimate of drug-likeness (QED) is 0.392. The lowest BCUT2D eigenvalue weighted by Gasteiger charge is -2.43. The lowest BCUT2D eigenvalue weighted by atomic mass is 10.1. The van der Waals surface area contributed by atoms with E-state index >= 15 is 0 Å². The van der Waals surface area contributed by atoms with Crippen molar-refractivity contribution in [3.05, 3.63) is 54.4 Å². The number of carboxylic acid groups (broad SMARTS) is 1. The monoisotopic (exact) mass is 531 g/mol. The van der Waals surface area contributed by atoms with Crippen LogP contribution in [0.4, 0.5) is 30.4 Å². The Kier molecular flexibility index (Phi) is 7.23. The molecule has 5 rings (SSSR count). The number of amides is 1. The van der Waals surface area contributed by atoms with E-state index in [9.17, 15) is 23.1 Å². The first-order valence-electron chi connectivity index (χ1n) is 11.5. The number of piperazine rings is 1. The third-order valence-electron chi connectivity index (χ3n) is 6.35. The van der Waals surface area contributed by atoms with Crippen LogP contribution in [0, 0.1) is 0 Å². The number of carboxylic acids is 1. The minimum absolute atomic E-state index is 0.157. The number of primary amides is 1. The topological polar surface area (TPSA) is 172 Å². The molecule has 0 saturated carbocycles. The summed E-state index contributed by atoms with van der Waals surface area (Å²) in [4.78, 5) is 29.0. The molecule has 2 aromatic heterocycles. The largest absolute Gasteiger partial charge is 0.507 e. The van der Waals surface area contributed by atoms with E-state index in [1.807, 2.05) is 24.3 Å². The molecule has 0 aliphatic carbocycles. The fourth-order valence-corrected chi connectivity index (χ4v) is 4.67. The molecule has 14 heteroatoms. The highest BCUT2D eigenvalue weighted by molar-refractivity contribution is 5.91. The van der Waals surface area contributed by atoms with E-state index in [0.717, 1.165) is 37.3 Å². The molecule has 4 heterocycles. The zero-order valence-corrected chi connectivity index (χ0v) is 19.8. The van der Waals surface area contributed by atoms with Crippen LogP contribution in [0.5, 0.6) is 5.75 Å². The van der Waals surface area contributed by atoms with Gasteiger partial charge < -0.3 is 31.5 Å². The smallest absolute Gasteiger partial charge is 0.490 e. The summed E-state index contributed by atoms with van der Waals surface area (Å²) in [5, 5.41) is 25.7. The number of hydrogen-bond donors (Lipinski definition) is 4. The third kappa shape index (κ3) is 5.53. The van der Waals surface area contributed by atoms with Crippen molar-refractivity contribution in [1.82, 2.24) is 15.2 Å². The number of fused-ring (bicyclic) bond motifs is 2. The second-order valence-corrected chi connectivity index (χ2v) is 8.78. The Morgan fingerprint density at radius 2 is 1.66 bits per heavy atom. The number of para-hydroxylation sites is 1. The Balaban J connectivity index is 0.000000426. The summed E-state index contributed by atoms with van der Waals surface area (Å²) in [5.41, 5.74) is 14.8. The van der Waals surface area contributed by atoms with Gasteiger partial charge in [-0.15, -0.1) is 10.2 Å². The van der Waals surface area contributed by atoms with Crippen molar-refractivity contribution in [1.29, 1.82) is 0 Å². The second kappa shape index (κ2) is 10.4. The first kappa shape index (κ1) is 26.4. The highest BCUT2D eigenvalue weighted by atomic mass is 19.4. The molecule has 6 N–H and O–H groups in total. The molecule has 11 nitrogen and oxygen atoms in total. The van der Waals surface area contributed by atoms with E-state index in [1.165, 1.54) is 0 Å². The van der Waals surface area contributed by atoms with Crippen molar-refractivity contribution in [3.8, 4) is 17.0 Å². The summed E-state index contributed by atoms with van der Waals surface area (Å²) in [6.45, 7) is 1.56. The number of nitrogens with zero attached hydrogens (tertiary/aromatic N) is 5. The normalized spacial score (nSPS) is 18.5. The van der Waals surface area contributed by atoms with Gasteiger partial charge in [0.2, 0.25) is 0 Å². The number of nitrogens with two attached hydrogens (primary N) is 2. The molecule has 2 atom stereocenters. The molecule has 38 heavy (non-hydrogen) atoms. The number of pyridine rings is 1. The van der Waals surface area contributed by atoms with E-state index in [4.69, 9.17) is 21.4 Å². The van der Waals surface area contributed by atoms with E-state index in [1.54, 1.807) is 24.4 Å². The minimum Gasteiger partial charge on any atom is -0.507 e. The van der Waals surface area contributed by atoms with Gasteiger partial charge >= 0.3 is 12.1 Å². The van der Waals surface area contributed by atoms with Gasteiger partial charge in [-0.05, 0) is 43.2 Å². The van der Waals surface area contributed by atoms with Gasteiger partial charge in [0.05, 0.1) is 23.3 Å². The molecule has 2 aliphatic rings. The van der Waals surface area contributed by atoms with Crippen LogP contribution in [0.1, 0.15) is 23.3 Å². The number of rotatable bonds is 4. The first-order chi connectivity index (χ1) is 18.0. The summed E-state index contributed by atoms with van der Waals surface area (Å²) in [7, 11) is 0. The molecule has 0 spiro atoms. The molecular formula is C24H24F3N7O4. The first-order valence-corrected chi connectivity index (χ1v) is 11.5. The van der Waals surface area contributed by atoms with Gasteiger partial charge in [-0.3, -0.25) is 4.79 Å². The SMILES string of the molecule is NC(=O)c1ccc(N2C3CCC2CN(c2cc(-c4ccccc4O)nnc2N)C3)cn1.O=C(O)C(F)(F)F. The third-order valence-corrected chi connectivity index (χ3v) is 6.35. The van der Waals surface area contributed by atoms with Gasteiger partial charge in [0.15, 0.2) is 5.82 Å². The number of anilines is 3. The molecule has 3 aromatic rings. The molecule has 200 valence electrons. The molecule has 2 unspecified atom stereocenters. The van der Waals surface area contributed by atoms with Crippen LogP contribution in [0.25, 0.3) is 11.3 Å². The van der Waals surface area contributed by atoms with Crippen molar-refractivity contribution in [2.75, 3.05) is 28.6 Å². The molecule has 2 aliphatic heterocycles. The van der Waals surface area contributed by atoms with Crippen LogP contribution in [0.15, 0.2) is 48.7 Å². The predicted molar refractivity (Wildman–Crippen MR) is 131 cm³/mol. The molecule has 2 saturated heterocycles. The van der Waals surface area contributed by atoms with Gasteiger partial charge in [-0.25, -0.2) is 9.78 Å². The maximum absolute atomic E-state index is 11.3. The molecule has 1 aromatic carbocycles. The van der Waals surface area contributed by atoms with Gasteiger partial charge in [0.1, 0.15) is 11.4 Å². The summed E-state index contributed by atoms with van der Waals surface area (Å²) in [5.74, 6) is -2.75. The maximum atomic E-state index is 11.3. The molecule has 1 amide bonds. The number of carbonyl (C=O) groups is 2. The van der Waals surface area contributed by atoms with Gasteiger partial charge in [-0.2, -0.15) is 13.2 Å². The van der Waals surface area contributed by atoms with Crippen molar-refractivity contribution in [2.45, 2.75) is 31.1 Å². The fourth-order valence-electron chi connectivity index (χ4n) is 4.67. The van der Waals surface area contributed by atoms with Crippen molar-refractivity contribution in [2.24, 2.45) is 5.73 Å². The average Bonchev–Trinajstić information content (AvgIpc) is 3.13. The number of nitrogen functional groups attached to an aromatic ring is 1. The summed E-state index contributed by atoms with van der Waals surface area (Å²) in [6.07, 6.45) is -1.24. The highest BCUT2D eigenvalue weighted by Gasteiger charge is 2.41. The lowest BCUT2D eigenvalue weighted by Crippen LogP contribution is -2.54. The molecule has 2 bridgehead atoms. The number of carbonyl (C=O) groups excluding carboxylic acids is 1. The van der Waals surface area contributed by atoms with Crippen LogP contribution < -0.4 is 21.3 Å². The van der Waals surface area contributed by atoms with E-state index in [0.29, 0.717) is 29.2 Å². The molecule has 2 fully saturated rings. The fraction of sp³-hybridized carbons (Fsp3) is 0.292. The Morgan fingerprint density at radius 3 is 2.18 bits per heavy atom. The van der Waals surface area contributed by atoms with Crippen LogP contribution in [-0.2, 0) is 4.79 Å². The zero-order chi connectivity index (χ0) is 27.6. The number of aromatic hydroxyl groups is 1. The Labute approximate surface area is 214 Å². The Hall–Kier alpha value is -4.62. The number of phenols is 1. The van der Waals surface area contributed by atoms with Crippen LogP contribution in [0.2, 0.25) is 0 Å². The number of aromatic nitrogens is 3. The van der Waals surface area contributed by atoms with Crippen LogP contribution >= 0.6 is 0 Å². The van der Waals surface area contributed by atoms with Gasteiger partial charge in [-0.1, -0.05) is 12.1 Å². The lowest BCUT2D eigenvalue weighted by molar-refractivity contribution is -0.192. The number of hydrogen-bond acceptors (Lipinski definition) is 9. The van der Waals surface area contributed by atoms with E-state index < -0.39 is 18.1 Å². The van der Waals surface area contributed by atoms with Crippen LogP contribution in [-0.4, -0.2) is 68.6 Å². The maximum Gasteiger partial charge on any atom is 0.490 e. The van der Waals surface area contributed by atoms with Crippen molar-refractivity contribution in [3.63, 3.8) is 0 Å². The molecular weight excluding hydrogens is 507 g/mol. The Bertz CT molecular complexity index is 1320. The summed E-state index contributed by atoms with van der Waals surface area (Å²) >= 11 is 0. The average molecular weight is 531 g/mol. The number of phenolic OH excluding ortho intramolecular Hbond substituents is 1. The number of benzene rings is 1. The van der Waals surface area contributed by atoms with Crippen molar-refractivity contribution < 1.29 is 33.0 Å². The predicted octanol–water partition coefficient (Wildman–Crippen LogP) is 2.42. The number of aliphatic carboxylic acids is 1. The Morgan fingerprint density at radius 1 is 1.03 bits per heavy atom. The molecule has 0 radical (unpaired) electrons. The zero-order valence-electron chi connectivity index (χ0n) is 19.8. The van der Waals surface area contributed by atoms with Crippen LogP contribution in [0.3, 0.4) is 0 Å². The van der Waals surface area contributed by atoms with Gasteiger partial charge in [0.25, 0.3) is 5.91 Å². The van der Waals surface area contributed by atoms with Gasteiger partial charge in [0, 0.05) is 30.7 Å². The summed E-state index contributed by atoms with van der Waals surface area (Å²) in [6, 6.07) is 13.1.